The van der Waals surface area contributed by atoms with Crippen LogP contribution in [0, 0.1) is 0 Å². The molecule has 33 heavy (non-hydrogen) atoms. The van der Waals surface area contributed by atoms with Crippen molar-refractivity contribution in [1.82, 2.24) is 9.38 Å². The zero-order valence-electron chi connectivity index (χ0n) is 17.8. The minimum absolute atomic E-state index is 0.0321. The quantitative estimate of drug-likeness (QED) is 0.365. The number of fused-ring (bicyclic) bond motifs is 1. The maximum Gasteiger partial charge on any atom is 0.338 e. The molecule has 8 nitrogen and oxygen atoms in total. The van der Waals surface area contributed by atoms with Crippen molar-refractivity contribution in [3.05, 3.63) is 89.3 Å². The van der Waals surface area contributed by atoms with E-state index < -0.39 is 16.0 Å². The first-order valence-electron chi connectivity index (χ1n) is 9.82. The van der Waals surface area contributed by atoms with Gasteiger partial charge in [0.05, 0.1) is 34.0 Å². The summed E-state index contributed by atoms with van der Waals surface area (Å²) in [5.74, 6) is -0.162. The molecule has 0 aliphatic heterocycles. The second kappa shape index (κ2) is 9.13. The number of carbonyl (C=O) groups is 1. The Morgan fingerprint density at radius 3 is 2.52 bits per heavy atom. The van der Waals surface area contributed by atoms with Crippen LogP contribution in [0.1, 0.15) is 16.1 Å². The maximum atomic E-state index is 13.0. The van der Waals surface area contributed by atoms with Gasteiger partial charge in [0.25, 0.3) is 10.0 Å². The molecule has 0 aliphatic rings. The summed E-state index contributed by atoms with van der Waals surface area (Å²) < 4.78 is 39.5. The number of aromatic nitrogens is 2. The van der Waals surface area contributed by atoms with E-state index in [0.29, 0.717) is 27.8 Å². The first-order chi connectivity index (χ1) is 15.8. The molecule has 0 N–H and O–H groups in total. The predicted molar refractivity (Wildman–Crippen MR) is 124 cm³/mol. The first-order valence-corrected chi connectivity index (χ1v) is 11.6. The van der Waals surface area contributed by atoms with E-state index in [4.69, 9.17) is 21.1 Å². The first kappa shape index (κ1) is 22.6. The second-order valence-corrected chi connectivity index (χ2v) is 9.50. The summed E-state index contributed by atoms with van der Waals surface area (Å²) >= 11 is 5.96. The lowest BCUT2D eigenvalue weighted by Gasteiger charge is -2.21. The van der Waals surface area contributed by atoms with Gasteiger partial charge < -0.3 is 13.9 Å². The van der Waals surface area contributed by atoms with Gasteiger partial charge in [0.15, 0.2) is 0 Å². The van der Waals surface area contributed by atoms with E-state index in [0.717, 1.165) is 4.31 Å². The van der Waals surface area contributed by atoms with Crippen LogP contribution in [0.5, 0.6) is 5.75 Å². The van der Waals surface area contributed by atoms with Gasteiger partial charge in [-0.3, -0.25) is 4.31 Å². The number of sulfonamides is 1. The summed E-state index contributed by atoms with van der Waals surface area (Å²) in [5, 5.41) is 0.565. The molecule has 4 aromatic rings. The van der Waals surface area contributed by atoms with Gasteiger partial charge in [-0.1, -0.05) is 23.7 Å². The summed E-state index contributed by atoms with van der Waals surface area (Å²) in [5.41, 5.74) is 1.86. The van der Waals surface area contributed by atoms with E-state index >= 15 is 0 Å². The molecule has 2 aromatic heterocycles. The number of pyridine rings is 1. The Hall–Kier alpha value is -3.56. The Balaban J connectivity index is 1.46. The molecule has 0 fully saturated rings. The molecule has 0 saturated heterocycles. The van der Waals surface area contributed by atoms with Crippen molar-refractivity contribution in [2.75, 3.05) is 18.5 Å². The number of halogens is 1. The van der Waals surface area contributed by atoms with E-state index in [2.05, 4.69) is 4.98 Å². The van der Waals surface area contributed by atoms with E-state index in [1.165, 1.54) is 38.4 Å². The molecule has 0 bridgehead atoms. The monoisotopic (exact) mass is 485 g/mol. The van der Waals surface area contributed by atoms with Crippen molar-refractivity contribution >= 4 is 38.9 Å². The van der Waals surface area contributed by atoms with Crippen LogP contribution in [-0.4, -0.2) is 37.9 Å². The lowest BCUT2D eigenvalue weighted by molar-refractivity contribution is 0.0468. The van der Waals surface area contributed by atoms with Crippen LogP contribution in [0.25, 0.3) is 5.65 Å². The molecule has 0 saturated carbocycles. The van der Waals surface area contributed by atoms with E-state index in [9.17, 15) is 13.2 Å². The van der Waals surface area contributed by atoms with Crippen LogP contribution in [0.15, 0.2) is 78.0 Å². The molecule has 2 heterocycles. The van der Waals surface area contributed by atoms with Crippen LogP contribution in [0.3, 0.4) is 0 Å². The topological polar surface area (TPSA) is 90.2 Å². The number of ether oxygens (including phenoxy) is 2. The number of hydrogen-bond donors (Lipinski definition) is 0. The summed E-state index contributed by atoms with van der Waals surface area (Å²) in [6.45, 7) is -0.0330. The van der Waals surface area contributed by atoms with E-state index in [-0.39, 0.29) is 17.1 Å². The highest BCUT2D eigenvalue weighted by Crippen LogP contribution is 2.30. The number of anilines is 1. The molecule has 170 valence electrons. The standard InChI is InChI=1S/C23H20ClN3O5S/c1-26(20-5-3-4-6-21(20)31-2)33(29,30)19-10-7-16(8-11-19)23(28)32-15-18-14-27-13-17(24)9-12-22(27)25-18/h3-14H,15H2,1-2H3. The number of esters is 1. The van der Waals surface area contributed by atoms with Crippen LogP contribution >= 0.6 is 11.6 Å². The van der Waals surface area contributed by atoms with E-state index in [1.54, 1.807) is 53.2 Å². The molecule has 0 aliphatic carbocycles. The average molecular weight is 486 g/mol. The van der Waals surface area contributed by atoms with Crippen molar-refractivity contribution in [2.24, 2.45) is 0 Å². The highest BCUT2D eigenvalue weighted by atomic mass is 35.5. The maximum absolute atomic E-state index is 13.0. The van der Waals surface area contributed by atoms with Crippen LogP contribution in [0.4, 0.5) is 5.69 Å². The van der Waals surface area contributed by atoms with Gasteiger partial charge in [-0.15, -0.1) is 0 Å². The predicted octanol–water partition coefficient (Wildman–Crippen LogP) is 4.18. The Morgan fingerprint density at radius 2 is 1.79 bits per heavy atom. The third-order valence-corrected chi connectivity index (χ3v) is 7.00. The number of rotatable bonds is 7. The minimum Gasteiger partial charge on any atom is -0.495 e. The molecule has 4 rings (SSSR count). The SMILES string of the molecule is COc1ccccc1N(C)S(=O)(=O)c1ccc(C(=O)OCc2cn3cc(Cl)ccc3n2)cc1. The molecule has 0 unspecified atom stereocenters. The highest BCUT2D eigenvalue weighted by Gasteiger charge is 2.24. The summed E-state index contributed by atoms with van der Waals surface area (Å²) in [6.07, 6.45) is 3.42. The van der Waals surface area contributed by atoms with E-state index in [1.807, 2.05) is 0 Å². The molecular formula is C23H20ClN3O5S. The number of benzene rings is 2. The second-order valence-electron chi connectivity index (χ2n) is 7.09. The fraction of sp³-hybridized carbons (Fsp3) is 0.130. The summed E-state index contributed by atoms with van der Waals surface area (Å²) in [4.78, 5) is 16.8. The molecule has 10 heteroatoms. The van der Waals surface area contributed by atoms with Crippen molar-refractivity contribution in [1.29, 1.82) is 0 Å². The fourth-order valence-corrected chi connectivity index (χ4v) is 4.62. The average Bonchev–Trinajstić information content (AvgIpc) is 3.24. The van der Waals surface area contributed by atoms with Gasteiger partial charge in [-0.25, -0.2) is 18.2 Å². The molecule has 0 amide bonds. The number of methoxy groups -OCH3 is 1. The minimum atomic E-state index is -3.86. The largest absolute Gasteiger partial charge is 0.495 e. The number of carbonyl (C=O) groups excluding carboxylic acids is 1. The smallest absolute Gasteiger partial charge is 0.338 e. The molecule has 0 atom stereocenters. The van der Waals surface area contributed by atoms with Gasteiger partial charge in [0, 0.05) is 19.4 Å². The lowest BCUT2D eigenvalue weighted by atomic mass is 10.2. The van der Waals surface area contributed by atoms with Crippen LogP contribution in [-0.2, 0) is 21.4 Å². The number of hydrogen-bond acceptors (Lipinski definition) is 6. The normalized spacial score (nSPS) is 11.4. The molecule has 0 spiro atoms. The third kappa shape index (κ3) is 4.64. The van der Waals surface area contributed by atoms with Crippen molar-refractivity contribution in [2.45, 2.75) is 11.5 Å². The number of para-hydroxylation sites is 2. The summed E-state index contributed by atoms with van der Waals surface area (Å²) in [7, 11) is -0.948. The molecule has 2 aromatic carbocycles. The Bertz CT molecular complexity index is 1420. The van der Waals surface area contributed by atoms with Crippen LogP contribution in [0.2, 0.25) is 5.02 Å². The summed E-state index contributed by atoms with van der Waals surface area (Å²) in [6, 6.07) is 15.8. The van der Waals surface area contributed by atoms with Gasteiger partial charge >= 0.3 is 5.97 Å². The molecular weight excluding hydrogens is 466 g/mol. The fourth-order valence-electron chi connectivity index (χ4n) is 3.25. The Labute approximate surface area is 196 Å². The highest BCUT2D eigenvalue weighted by molar-refractivity contribution is 7.92. The van der Waals surface area contributed by atoms with Gasteiger partial charge in [-0.05, 0) is 48.5 Å². The van der Waals surface area contributed by atoms with Crippen LogP contribution < -0.4 is 9.04 Å². The Morgan fingerprint density at radius 1 is 1.06 bits per heavy atom. The zero-order chi connectivity index (χ0) is 23.6. The molecule has 0 radical (unpaired) electrons. The lowest BCUT2D eigenvalue weighted by Crippen LogP contribution is -2.27. The Kier molecular flexibility index (Phi) is 6.26. The van der Waals surface area contributed by atoms with Gasteiger partial charge in [-0.2, -0.15) is 0 Å². The van der Waals surface area contributed by atoms with Gasteiger partial charge in [0.1, 0.15) is 18.0 Å². The van der Waals surface area contributed by atoms with Crippen molar-refractivity contribution < 1.29 is 22.7 Å². The number of nitrogens with zero attached hydrogens (tertiary/aromatic N) is 3. The van der Waals surface area contributed by atoms with Crippen molar-refractivity contribution in [3.63, 3.8) is 0 Å². The number of imidazole rings is 1. The van der Waals surface area contributed by atoms with Crippen molar-refractivity contribution in [3.8, 4) is 5.75 Å². The zero-order valence-corrected chi connectivity index (χ0v) is 19.4. The van der Waals surface area contributed by atoms with Gasteiger partial charge in [0.2, 0.25) is 0 Å². The third-order valence-electron chi connectivity index (χ3n) is 4.99.